The summed E-state index contributed by atoms with van der Waals surface area (Å²) in [4.78, 5) is 16.6. The molecule has 0 amide bonds. The lowest BCUT2D eigenvalue weighted by molar-refractivity contribution is 0.475. The lowest BCUT2D eigenvalue weighted by Crippen LogP contribution is -2.02. The number of aromatic hydroxyl groups is 1. The maximum atomic E-state index is 12.2. The van der Waals surface area contributed by atoms with E-state index in [1.165, 1.54) is 29.7 Å². The summed E-state index contributed by atoms with van der Waals surface area (Å²) >= 11 is 13.1. The Hall–Kier alpha value is -2.87. The van der Waals surface area contributed by atoms with Crippen molar-refractivity contribution < 1.29 is 9.52 Å². The van der Waals surface area contributed by atoms with Crippen LogP contribution in [0.5, 0.6) is 5.75 Å². The van der Waals surface area contributed by atoms with Gasteiger partial charge in [-0.1, -0.05) is 41.4 Å². The van der Waals surface area contributed by atoms with Crippen molar-refractivity contribution >= 4 is 56.9 Å². The summed E-state index contributed by atoms with van der Waals surface area (Å²) in [6, 6.07) is 12.0. The minimum Gasteiger partial charge on any atom is -0.506 e. The van der Waals surface area contributed by atoms with E-state index in [0.29, 0.717) is 32.6 Å². The highest BCUT2D eigenvalue weighted by atomic mass is 35.5. The molecule has 0 spiro atoms. The Bertz CT molecular complexity index is 1270. The van der Waals surface area contributed by atoms with E-state index >= 15 is 0 Å². The van der Waals surface area contributed by atoms with Crippen LogP contribution in [0, 0.1) is 0 Å². The van der Waals surface area contributed by atoms with Crippen molar-refractivity contribution in [2.75, 3.05) is 5.43 Å². The number of nitrogens with one attached hydrogen (secondary N) is 1. The zero-order chi connectivity index (χ0) is 19.7. The number of hydrazone groups is 1. The number of benzene rings is 2. The first-order valence-corrected chi connectivity index (χ1v) is 9.61. The summed E-state index contributed by atoms with van der Waals surface area (Å²) in [5.74, 6) is -0.120. The standard InChI is InChI=1S/C19H11Cl2N3O3S/c20-12-5-11(17(25)14(21)7-12)8-22-24-19-23-15(9-28-19)13-6-10-3-1-2-4-16(10)27-18(13)26/h1-9,25H,(H,23,24)/b22-8+. The van der Waals surface area contributed by atoms with Gasteiger partial charge in [-0.3, -0.25) is 5.43 Å². The third-order valence-electron chi connectivity index (χ3n) is 3.84. The van der Waals surface area contributed by atoms with Gasteiger partial charge >= 0.3 is 5.63 Å². The average molecular weight is 432 g/mol. The molecule has 4 rings (SSSR count). The number of aromatic nitrogens is 1. The molecule has 0 atom stereocenters. The second-order valence-electron chi connectivity index (χ2n) is 5.72. The predicted octanol–water partition coefficient (Wildman–Crippen LogP) is 5.37. The van der Waals surface area contributed by atoms with Crippen LogP contribution in [0.2, 0.25) is 10.0 Å². The minimum absolute atomic E-state index is 0.120. The number of hydrogen-bond acceptors (Lipinski definition) is 7. The highest BCUT2D eigenvalue weighted by Gasteiger charge is 2.11. The SMILES string of the molecule is O=c1oc2ccccc2cc1-c1csc(N/N=C/c2cc(Cl)cc(Cl)c2O)n1. The number of nitrogens with zero attached hydrogens (tertiary/aromatic N) is 2. The van der Waals surface area contributed by atoms with Gasteiger partial charge in [0.2, 0.25) is 5.13 Å². The molecule has 2 aromatic carbocycles. The van der Waals surface area contributed by atoms with E-state index in [1.807, 2.05) is 12.1 Å². The van der Waals surface area contributed by atoms with Gasteiger partial charge < -0.3 is 9.52 Å². The molecule has 0 radical (unpaired) electrons. The third kappa shape index (κ3) is 3.73. The number of phenols is 1. The van der Waals surface area contributed by atoms with Crippen LogP contribution in [0.25, 0.3) is 22.2 Å². The van der Waals surface area contributed by atoms with Crippen LogP contribution in [0.3, 0.4) is 0 Å². The van der Waals surface area contributed by atoms with Crippen molar-refractivity contribution in [2.45, 2.75) is 0 Å². The van der Waals surface area contributed by atoms with E-state index in [0.717, 1.165) is 5.39 Å². The van der Waals surface area contributed by atoms with Gasteiger partial charge in [-0.05, 0) is 24.3 Å². The lowest BCUT2D eigenvalue weighted by Gasteiger charge is -2.02. The van der Waals surface area contributed by atoms with E-state index in [4.69, 9.17) is 27.6 Å². The lowest BCUT2D eigenvalue weighted by atomic mass is 10.1. The Morgan fingerprint density at radius 1 is 1.21 bits per heavy atom. The Labute approximate surface area is 172 Å². The molecule has 0 unspecified atom stereocenters. The third-order valence-corrected chi connectivity index (χ3v) is 5.10. The summed E-state index contributed by atoms with van der Waals surface area (Å²) in [5, 5.41) is 17.5. The molecule has 0 saturated heterocycles. The molecule has 0 bridgehead atoms. The summed E-state index contributed by atoms with van der Waals surface area (Å²) in [6.07, 6.45) is 1.37. The van der Waals surface area contributed by atoms with Gasteiger partial charge in [0.05, 0.1) is 22.5 Å². The van der Waals surface area contributed by atoms with Crippen molar-refractivity contribution in [1.82, 2.24) is 4.98 Å². The fraction of sp³-hybridized carbons (Fsp3) is 0. The van der Waals surface area contributed by atoms with E-state index in [1.54, 1.807) is 23.6 Å². The molecule has 0 fully saturated rings. The number of para-hydroxylation sites is 1. The van der Waals surface area contributed by atoms with Crippen LogP contribution in [0.1, 0.15) is 5.56 Å². The fourth-order valence-corrected chi connectivity index (χ4v) is 3.70. The molecule has 2 N–H and O–H groups in total. The molecule has 0 aliphatic rings. The summed E-state index contributed by atoms with van der Waals surface area (Å²) in [7, 11) is 0. The molecule has 2 aromatic heterocycles. The van der Waals surface area contributed by atoms with Gasteiger partial charge in [-0.25, -0.2) is 9.78 Å². The van der Waals surface area contributed by atoms with Gasteiger partial charge in [-0.2, -0.15) is 5.10 Å². The fourth-order valence-electron chi connectivity index (χ4n) is 2.53. The Kier molecular flexibility index (Phi) is 5.04. The van der Waals surface area contributed by atoms with Crippen molar-refractivity contribution in [1.29, 1.82) is 0 Å². The summed E-state index contributed by atoms with van der Waals surface area (Å²) < 4.78 is 5.34. The van der Waals surface area contributed by atoms with Gasteiger partial charge in [0.1, 0.15) is 11.3 Å². The molecular formula is C19H11Cl2N3O3S. The zero-order valence-corrected chi connectivity index (χ0v) is 16.3. The van der Waals surface area contributed by atoms with Crippen molar-refractivity contribution in [3.05, 3.63) is 73.9 Å². The maximum absolute atomic E-state index is 12.2. The van der Waals surface area contributed by atoms with Gasteiger partial charge in [0.25, 0.3) is 0 Å². The molecular weight excluding hydrogens is 421 g/mol. The first-order valence-electron chi connectivity index (χ1n) is 7.97. The molecule has 9 heteroatoms. The average Bonchev–Trinajstić information content (AvgIpc) is 3.13. The normalized spacial score (nSPS) is 11.4. The maximum Gasteiger partial charge on any atom is 0.345 e. The smallest absolute Gasteiger partial charge is 0.345 e. The number of rotatable bonds is 4. The van der Waals surface area contributed by atoms with Crippen molar-refractivity contribution in [3.8, 4) is 17.0 Å². The summed E-state index contributed by atoms with van der Waals surface area (Å²) in [6.45, 7) is 0. The van der Waals surface area contributed by atoms with Crippen LogP contribution in [0.15, 0.2) is 62.2 Å². The number of anilines is 1. The van der Waals surface area contributed by atoms with Gasteiger partial charge in [0, 0.05) is 21.4 Å². The van der Waals surface area contributed by atoms with Gasteiger partial charge in [-0.15, -0.1) is 11.3 Å². The van der Waals surface area contributed by atoms with E-state index in [-0.39, 0.29) is 10.8 Å². The first kappa shape index (κ1) is 18.5. The van der Waals surface area contributed by atoms with E-state index in [2.05, 4.69) is 15.5 Å². The second-order valence-corrected chi connectivity index (χ2v) is 7.42. The van der Waals surface area contributed by atoms with Crippen LogP contribution in [0.4, 0.5) is 5.13 Å². The van der Waals surface area contributed by atoms with E-state index in [9.17, 15) is 9.90 Å². The predicted molar refractivity (Wildman–Crippen MR) is 113 cm³/mol. The molecule has 140 valence electrons. The number of thiazole rings is 1. The van der Waals surface area contributed by atoms with Crippen molar-refractivity contribution in [3.63, 3.8) is 0 Å². The topological polar surface area (TPSA) is 87.7 Å². The number of phenolic OH excluding ortho intramolecular Hbond substituents is 1. The molecule has 0 aliphatic carbocycles. The Balaban J connectivity index is 1.57. The molecule has 0 aliphatic heterocycles. The monoisotopic (exact) mass is 431 g/mol. The van der Waals surface area contributed by atoms with Gasteiger partial charge in [0.15, 0.2) is 0 Å². The minimum atomic E-state index is -0.461. The molecule has 6 nitrogen and oxygen atoms in total. The number of halogens is 2. The van der Waals surface area contributed by atoms with E-state index < -0.39 is 5.63 Å². The van der Waals surface area contributed by atoms with Crippen molar-refractivity contribution in [2.24, 2.45) is 5.10 Å². The van der Waals surface area contributed by atoms with Crippen LogP contribution < -0.4 is 11.1 Å². The largest absolute Gasteiger partial charge is 0.506 e. The summed E-state index contributed by atoms with van der Waals surface area (Å²) in [5.41, 5.74) is 4.02. The highest BCUT2D eigenvalue weighted by Crippen LogP contribution is 2.30. The molecule has 2 heterocycles. The molecule has 28 heavy (non-hydrogen) atoms. The number of fused-ring (bicyclic) bond motifs is 1. The molecule has 4 aromatic rings. The van der Waals surface area contributed by atoms with Crippen LogP contribution >= 0.6 is 34.5 Å². The first-order chi connectivity index (χ1) is 13.5. The second kappa shape index (κ2) is 7.63. The quantitative estimate of drug-likeness (QED) is 0.257. The van der Waals surface area contributed by atoms with Crippen LogP contribution in [-0.2, 0) is 0 Å². The highest BCUT2D eigenvalue weighted by molar-refractivity contribution is 7.14. The Morgan fingerprint density at radius 3 is 2.89 bits per heavy atom. The Morgan fingerprint density at radius 2 is 2.04 bits per heavy atom. The molecule has 0 saturated carbocycles. The van der Waals surface area contributed by atoms with Crippen LogP contribution in [-0.4, -0.2) is 16.3 Å². The number of hydrogen-bond donors (Lipinski definition) is 2. The zero-order valence-electron chi connectivity index (χ0n) is 14.0.